The van der Waals surface area contributed by atoms with Gasteiger partial charge in [0.05, 0.1) is 5.92 Å². The van der Waals surface area contributed by atoms with E-state index in [1.807, 2.05) is 57.4 Å². The largest absolute Gasteiger partial charge is 0.481 e. The normalized spacial score (nSPS) is 21.1. The Hall–Kier alpha value is -3.54. The molecule has 1 fully saturated rings. The van der Waals surface area contributed by atoms with Crippen LogP contribution < -0.4 is 0 Å². The van der Waals surface area contributed by atoms with E-state index in [9.17, 15) is 14.7 Å². The van der Waals surface area contributed by atoms with Crippen molar-refractivity contribution in [3.05, 3.63) is 78.2 Å². The van der Waals surface area contributed by atoms with E-state index in [4.69, 9.17) is 0 Å². The SMILES string of the molecule is CC.CC1CCN(C(=O)C(C)Cc2ccc(-c3ncc(C4=CC=CC(C)(C)C=C4)cn3)cc2)CC(C(=O)O)C1. The number of likely N-dealkylation sites (tertiary alicyclic amines) is 1. The molecule has 1 saturated heterocycles. The summed E-state index contributed by atoms with van der Waals surface area (Å²) >= 11 is 0. The molecule has 39 heavy (non-hydrogen) atoms. The maximum absolute atomic E-state index is 13.1. The quantitative estimate of drug-likeness (QED) is 0.443. The second-order valence-electron chi connectivity index (χ2n) is 11.2. The smallest absolute Gasteiger partial charge is 0.308 e. The molecule has 0 saturated carbocycles. The number of carbonyl (C=O) groups is 2. The molecule has 0 radical (unpaired) electrons. The van der Waals surface area contributed by atoms with Crippen molar-refractivity contribution in [3.8, 4) is 11.4 Å². The highest BCUT2D eigenvalue weighted by Gasteiger charge is 2.31. The predicted octanol–water partition coefficient (Wildman–Crippen LogP) is 6.84. The van der Waals surface area contributed by atoms with E-state index in [0.717, 1.165) is 28.7 Å². The van der Waals surface area contributed by atoms with E-state index in [-0.39, 0.29) is 17.2 Å². The van der Waals surface area contributed by atoms with Gasteiger partial charge in [-0.1, -0.05) is 96.2 Å². The topological polar surface area (TPSA) is 83.4 Å². The highest BCUT2D eigenvalue weighted by molar-refractivity contribution is 5.80. The third-order valence-electron chi connectivity index (χ3n) is 7.34. The number of aromatic nitrogens is 2. The molecule has 2 aromatic rings. The summed E-state index contributed by atoms with van der Waals surface area (Å²) in [7, 11) is 0. The molecule has 1 amide bonds. The van der Waals surface area contributed by atoms with Crippen molar-refractivity contribution in [1.82, 2.24) is 14.9 Å². The summed E-state index contributed by atoms with van der Waals surface area (Å²) in [6.45, 7) is 13.3. The van der Waals surface area contributed by atoms with Gasteiger partial charge in [0.1, 0.15) is 0 Å². The van der Waals surface area contributed by atoms with Crippen LogP contribution in [0.2, 0.25) is 0 Å². The average molecular weight is 530 g/mol. The maximum atomic E-state index is 13.1. The fraction of sp³-hybridized carbons (Fsp3) is 0.455. The molecule has 208 valence electrons. The number of hydrogen-bond donors (Lipinski definition) is 1. The van der Waals surface area contributed by atoms with Gasteiger partial charge < -0.3 is 10.0 Å². The van der Waals surface area contributed by atoms with Crippen LogP contribution in [0, 0.1) is 23.2 Å². The second kappa shape index (κ2) is 13.5. The fourth-order valence-corrected chi connectivity index (χ4v) is 4.97. The van der Waals surface area contributed by atoms with Crippen LogP contribution in [0.25, 0.3) is 17.0 Å². The summed E-state index contributed by atoms with van der Waals surface area (Å²) in [5.41, 5.74) is 4.05. The lowest BCUT2D eigenvalue weighted by atomic mass is 9.93. The first-order chi connectivity index (χ1) is 18.6. The molecule has 1 aliphatic carbocycles. The Morgan fingerprint density at radius 1 is 1.08 bits per heavy atom. The number of rotatable bonds is 6. The van der Waals surface area contributed by atoms with E-state index in [2.05, 4.69) is 61.1 Å². The van der Waals surface area contributed by atoms with Crippen LogP contribution >= 0.6 is 0 Å². The van der Waals surface area contributed by atoms with Gasteiger partial charge in [-0.2, -0.15) is 0 Å². The Labute approximate surface area is 233 Å². The van der Waals surface area contributed by atoms with Crippen molar-refractivity contribution >= 4 is 17.4 Å². The van der Waals surface area contributed by atoms with Crippen LogP contribution in [0.3, 0.4) is 0 Å². The maximum Gasteiger partial charge on any atom is 0.308 e. The molecule has 6 nitrogen and oxygen atoms in total. The van der Waals surface area contributed by atoms with E-state index in [0.29, 0.717) is 37.7 Å². The van der Waals surface area contributed by atoms with Crippen LogP contribution in [0.4, 0.5) is 0 Å². The Bertz CT molecular complexity index is 1210. The van der Waals surface area contributed by atoms with Crippen molar-refractivity contribution in [1.29, 1.82) is 0 Å². The molecule has 1 N–H and O–H groups in total. The summed E-state index contributed by atoms with van der Waals surface area (Å²) in [5.74, 6) is -0.521. The van der Waals surface area contributed by atoms with E-state index in [1.165, 1.54) is 0 Å². The molecule has 4 rings (SSSR count). The van der Waals surface area contributed by atoms with Crippen LogP contribution in [0.5, 0.6) is 0 Å². The standard InChI is InChI=1S/C31H37N3O3.C2H6/c1-21-12-15-34(20-26(16-21)30(36)37)29(35)22(2)17-23-7-9-25(10-8-23)28-32-18-27(19-33-28)24-6-5-13-31(3,4)14-11-24;1-2/h5-11,13-14,18-19,21-22,26H,12,15-17,20H2,1-4H3,(H,36,37);1-2H3. The molecule has 3 atom stereocenters. The minimum atomic E-state index is -0.812. The first-order valence-electron chi connectivity index (χ1n) is 14.1. The van der Waals surface area contributed by atoms with E-state index < -0.39 is 11.9 Å². The molecule has 1 aromatic heterocycles. The van der Waals surface area contributed by atoms with Gasteiger partial charge in [-0.15, -0.1) is 0 Å². The van der Waals surface area contributed by atoms with Crippen LogP contribution in [0.15, 0.2) is 67.0 Å². The van der Waals surface area contributed by atoms with Gasteiger partial charge in [-0.05, 0) is 36.3 Å². The number of carbonyl (C=O) groups excluding carboxylic acids is 1. The van der Waals surface area contributed by atoms with Crippen LogP contribution in [-0.2, 0) is 16.0 Å². The lowest BCUT2D eigenvalue weighted by Gasteiger charge is -2.26. The highest BCUT2D eigenvalue weighted by atomic mass is 16.4. The summed E-state index contributed by atoms with van der Waals surface area (Å²) in [5, 5.41) is 9.53. The minimum Gasteiger partial charge on any atom is -0.481 e. The molecule has 0 spiro atoms. The Morgan fingerprint density at radius 2 is 1.74 bits per heavy atom. The van der Waals surface area contributed by atoms with E-state index in [1.54, 1.807) is 4.90 Å². The van der Waals surface area contributed by atoms with Crippen molar-refractivity contribution in [2.75, 3.05) is 13.1 Å². The molecule has 0 bridgehead atoms. The Kier molecular flexibility index (Phi) is 10.4. The van der Waals surface area contributed by atoms with Crippen molar-refractivity contribution < 1.29 is 14.7 Å². The summed E-state index contributed by atoms with van der Waals surface area (Å²) in [6.07, 6.45) is 16.4. The van der Waals surface area contributed by atoms with Gasteiger partial charge >= 0.3 is 5.97 Å². The molecule has 3 unspecified atom stereocenters. The molecule has 2 heterocycles. The molecule has 1 aromatic carbocycles. The molecular formula is C33H43N3O3. The molecular weight excluding hydrogens is 486 g/mol. The first-order valence-corrected chi connectivity index (χ1v) is 14.1. The zero-order chi connectivity index (χ0) is 28.6. The number of carboxylic acid groups (broad SMARTS) is 1. The Balaban J connectivity index is 0.00000205. The zero-order valence-electron chi connectivity index (χ0n) is 24.2. The molecule has 6 heteroatoms. The van der Waals surface area contributed by atoms with Gasteiger partial charge in [-0.3, -0.25) is 9.59 Å². The fourth-order valence-electron chi connectivity index (χ4n) is 4.97. The Morgan fingerprint density at radius 3 is 2.38 bits per heavy atom. The van der Waals surface area contributed by atoms with Crippen molar-refractivity contribution in [3.63, 3.8) is 0 Å². The second-order valence-corrected chi connectivity index (χ2v) is 11.2. The minimum absolute atomic E-state index is 0.0233. The molecule has 2 aliphatic rings. The van der Waals surface area contributed by atoms with Gasteiger partial charge in [0.15, 0.2) is 5.82 Å². The first kappa shape index (κ1) is 30.0. The third-order valence-corrected chi connectivity index (χ3v) is 7.34. The van der Waals surface area contributed by atoms with Crippen LogP contribution in [-0.4, -0.2) is 44.9 Å². The highest BCUT2D eigenvalue weighted by Crippen LogP contribution is 2.27. The average Bonchev–Trinajstić information content (AvgIpc) is 3.24. The third kappa shape index (κ3) is 8.22. The summed E-state index contributed by atoms with van der Waals surface area (Å²) in [6, 6.07) is 8.02. The van der Waals surface area contributed by atoms with Crippen molar-refractivity contribution in [2.24, 2.45) is 23.2 Å². The lowest BCUT2D eigenvalue weighted by molar-refractivity contribution is -0.144. The number of allylic oxidation sites excluding steroid dienone is 6. The monoisotopic (exact) mass is 529 g/mol. The van der Waals surface area contributed by atoms with Crippen molar-refractivity contribution in [2.45, 2.75) is 60.8 Å². The summed E-state index contributed by atoms with van der Waals surface area (Å²) in [4.78, 5) is 35.7. The van der Waals surface area contributed by atoms with Gasteiger partial charge in [0.25, 0.3) is 0 Å². The number of carboxylic acids is 1. The zero-order valence-corrected chi connectivity index (χ0v) is 24.2. The molecule has 1 aliphatic heterocycles. The summed E-state index contributed by atoms with van der Waals surface area (Å²) < 4.78 is 0. The van der Waals surface area contributed by atoms with Gasteiger partial charge in [0.2, 0.25) is 5.91 Å². The number of benzene rings is 1. The van der Waals surface area contributed by atoms with Gasteiger partial charge in [0, 0.05) is 47.9 Å². The predicted molar refractivity (Wildman–Crippen MR) is 158 cm³/mol. The number of nitrogens with zero attached hydrogens (tertiary/aromatic N) is 3. The van der Waals surface area contributed by atoms with E-state index >= 15 is 0 Å². The lowest BCUT2D eigenvalue weighted by Crippen LogP contribution is -2.40. The number of amides is 1. The van der Waals surface area contributed by atoms with Gasteiger partial charge in [-0.25, -0.2) is 9.97 Å². The number of hydrogen-bond acceptors (Lipinski definition) is 4. The van der Waals surface area contributed by atoms with Crippen LogP contribution in [0.1, 0.15) is 65.5 Å². The number of aliphatic carboxylic acids is 1.